The third-order valence-corrected chi connectivity index (χ3v) is 5.87. The summed E-state index contributed by atoms with van der Waals surface area (Å²) in [5, 5.41) is 11.6. The SMILES string of the molecule is CC[C@@H](C)Sc1nnc(-c2c[nH]c3ccccc23)n1-c1cccc(OC)c1. The van der Waals surface area contributed by atoms with Crippen molar-refractivity contribution in [3.8, 4) is 22.8 Å². The first-order valence-corrected chi connectivity index (χ1v) is 9.92. The maximum Gasteiger partial charge on any atom is 0.196 e. The number of thioether (sulfide) groups is 1. The molecule has 0 amide bonds. The number of methoxy groups -OCH3 is 1. The molecule has 0 fully saturated rings. The highest BCUT2D eigenvalue weighted by molar-refractivity contribution is 7.99. The summed E-state index contributed by atoms with van der Waals surface area (Å²) in [7, 11) is 1.68. The van der Waals surface area contributed by atoms with E-state index >= 15 is 0 Å². The van der Waals surface area contributed by atoms with Gasteiger partial charge in [0.25, 0.3) is 0 Å². The van der Waals surface area contributed by atoms with E-state index in [2.05, 4.69) is 51.8 Å². The summed E-state index contributed by atoms with van der Waals surface area (Å²) in [6.07, 6.45) is 3.07. The van der Waals surface area contributed by atoms with Gasteiger partial charge in [-0.15, -0.1) is 10.2 Å². The quantitative estimate of drug-likeness (QED) is 0.462. The van der Waals surface area contributed by atoms with Crippen LogP contribution < -0.4 is 4.74 Å². The number of H-pyrrole nitrogens is 1. The minimum Gasteiger partial charge on any atom is -0.497 e. The normalized spacial score (nSPS) is 12.4. The molecule has 27 heavy (non-hydrogen) atoms. The summed E-state index contributed by atoms with van der Waals surface area (Å²) in [5.41, 5.74) is 3.12. The number of hydrogen-bond donors (Lipinski definition) is 1. The van der Waals surface area contributed by atoms with Crippen LogP contribution in [0.15, 0.2) is 59.9 Å². The fourth-order valence-corrected chi connectivity index (χ4v) is 3.93. The standard InChI is InChI=1S/C21H22N4OS/c1-4-14(2)27-21-24-23-20(18-13-22-19-11-6-5-10-17(18)19)25(21)15-8-7-9-16(12-15)26-3/h5-14,22H,4H2,1-3H3/t14-/m1/s1. The van der Waals surface area contributed by atoms with E-state index in [9.17, 15) is 0 Å². The summed E-state index contributed by atoms with van der Waals surface area (Å²) < 4.78 is 7.55. The number of aromatic nitrogens is 4. The highest BCUT2D eigenvalue weighted by Gasteiger charge is 2.20. The molecular formula is C21H22N4OS. The van der Waals surface area contributed by atoms with Gasteiger partial charge in [0.2, 0.25) is 0 Å². The van der Waals surface area contributed by atoms with E-state index in [0.717, 1.165) is 45.3 Å². The molecule has 4 aromatic rings. The molecule has 5 nitrogen and oxygen atoms in total. The van der Waals surface area contributed by atoms with E-state index in [1.165, 1.54) is 0 Å². The number of nitrogens with one attached hydrogen (secondary N) is 1. The van der Waals surface area contributed by atoms with Gasteiger partial charge in [-0.3, -0.25) is 4.57 Å². The van der Waals surface area contributed by atoms with E-state index in [1.54, 1.807) is 18.9 Å². The maximum atomic E-state index is 5.43. The van der Waals surface area contributed by atoms with Gasteiger partial charge in [0.1, 0.15) is 5.75 Å². The average Bonchev–Trinajstić information content (AvgIpc) is 3.31. The first-order valence-electron chi connectivity index (χ1n) is 9.04. The molecule has 0 aliphatic heterocycles. The smallest absolute Gasteiger partial charge is 0.196 e. The van der Waals surface area contributed by atoms with Crippen LogP contribution in [0.2, 0.25) is 0 Å². The molecule has 0 aliphatic carbocycles. The summed E-state index contributed by atoms with van der Waals surface area (Å²) >= 11 is 1.74. The lowest BCUT2D eigenvalue weighted by molar-refractivity contribution is 0.414. The lowest BCUT2D eigenvalue weighted by Gasteiger charge is -2.13. The van der Waals surface area contributed by atoms with Crippen molar-refractivity contribution >= 4 is 22.7 Å². The Bertz CT molecular complexity index is 1070. The van der Waals surface area contributed by atoms with Crippen LogP contribution in [0.4, 0.5) is 0 Å². The minimum atomic E-state index is 0.453. The van der Waals surface area contributed by atoms with Crippen LogP contribution in [0, 0.1) is 0 Å². The first kappa shape index (κ1) is 17.7. The van der Waals surface area contributed by atoms with Crippen molar-refractivity contribution in [1.82, 2.24) is 19.7 Å². The third-order valence-electron chi connectivity index (χ3n) is 4.66. The second-order valence-electron chi connectivity index (χ2n) is 6.43. The number of ether oxygens (including phenoxy) is 1. The minimum absolute atomic E-state index is 0.453. The van der Waals surface area contributed by atoms with E-state index < -0.39 is 0 Å². The highest BCUT2D eigenvalue weighted by atomic mass is 32.2. The summed E-state index contributed by atoms with van der Waals surface area (Å²) in [6.45, 7) is 4.39. The van der Waals surface area contributed by atoms with Crippen molar-refractivity contribution in [3.05, 3.63) is 54.7 Å². The molecule has 0 unspecified atom stereocenters. The summed E-state index contributed by atoms with van der Waals surface area (Å²) in [6, 6.07) is 16.3. The number of rotatable bonds is 6. The second-order valence-corrected chi connectivity index (χ2v) is 7.83. The Balaban J connectivity index is 1.91. The Morgan fingerprint density at radius 3 is 2.81 bits per heavy atom. The van der Waals surface area contributed by atoms with Gasteiger partial charge >= 0.3 is 0 Å². The zero-order valence-corrected chi connectivity index (χ0v) is 16.5. The number of fused-ring (bicyclic) bond motifs is 1. The van der Waals surface area contributed by atoms with Gasteiger partial charge in [-0.05, 0) is 24.6 Å². The summed E-state index contributed by atoms with van der Waals surface area (Å²) in [4.78, 5) is 3.34. The number of nitrogens with zero attached hydrogens (tertiary/aromatic N) is 3. The van der Waals surface area contributed by atoms with Crippen LogP contribution >= 0.6 is 11.8 Å². The first-order chi connectivity index (χ1) is 13.2. The fraction of sp³-hybridized carbons (Fsp3) is 0.238. The molecular weight excluding hydrogens is 356 g/mol. The van der Waals surface area contributed by atoms with Gasteiger partial charge < -0.3 is 9.72 Å². The molecule has 138 valence electrons. The molecule has 2 aromatic carbocycles. The topological polar surface area (TPSA) is 55.7 Å². The van der Waals surface area contributed by atoms with Gasteiger partial charge in [0.15, 0.2) is 11.0 Å². The van der Waals surface area contributed by atoms with Crippen molar-refractivity contribution in [2.75, 3.05) is 7.11 Å². The predicted octanol–water partition coefficient (Wildman–Crippen LogP) is 5.31. The van der Waals surface area contributed by atoms with Crippen LogP contribution in [0.5, 0.6) is 5.75 Å². The molecule has 0 saturated heterocycles. The Morgan fingerprint density at radius 2 is 2.00 bits per heavy atom. The molecule has 1 N–H and O–H groups in total. The number of aromatic amines is 1. The molecule has 0 aliphatic rings. The molecule has 0 spiro atoms. The molecule has 4 rings (SSSR count). The lowest BCUT2D eigenvalue weighted by Crippen LogP contribution is -2.02. The largest absolute Gasteiger partial charge is 0.497 e. The van der Waals surface area contributed by atoms with Gasteiger partial charge in [0.05, 0.1) is 12.8 Å². The highest BCUT2D eigenvalue weighted by Crippen LogP contribution is 2.34. The molecule has 0 radical (unpaired) electrons. The molecule has 6 heteroatoms. The van der Waals surface area contributed by atoms with Gasteiger partial charge in [0, 0.05) is 34.0 Å². The number of benzene rings is 2. The third kappa shape index (κ3) is 3.32. The molecule has 0 bridgehead atoms. The van der Waals surface area contributed by atoms with E-state index in [0.29, 0.717) is 5.25 Å². The van der Waals surface area contributed by atoms with Gasteiger partial charge in [-0.2, -0.15) is 0 Å². The van der Waals surface area contributed by atoms with Crippen LogP contribution in [0.25, 0.3) is 28.0 Å². The zero-order valence-electron chi connectivity index (χ0n) is 15.6. The zero-order chi connectivity index (χ0) is 18.8. The van der Waals surface area contributed by atoms with Crippen molar-refractivity contribution in [1.29, 1.82) is 0 Å². The van der Waals surface area contributed by atoms with Gasteiger partial charge in [-0.1, -0.05) is 49.9 Å². The molecule has 0 saturated carbocycles. The van der Waals surface area contributed by atoms with E-state index in [-0.39, 0.29) is 0 Å². The molecule has 2 heterocycles. The Kier molecular flexibility index (Phi) is 4.90. The number of hydrogen-bond acceptors (Lipinski definition) is 4. The predicted molar refractivity (Wildman–Crippen MR) is 111 cm³/mol. The Labute approximate surface area is 162 Å². The average molecular weight is 379 g/mol. The van der Waals surface area contributed by atoms with Gasteiger partial charge in [-0.25, -0.2) is 0 Å². The molecule has 1 atom stereocenters. The van der Waals surface area contributed by atoms with Crippen molar-refractivity contribution < 1.29 is 4.74 Å². The van der Waals surface area contributed by atoms with Crippen molar-refractivity contribution in [2.24, 2.45) is 0 Å². The second kappa shape index (κ2) is 7.48. The maximum absolute atomic E-state index is 5.43. The fourth-order valence-electron chi connectivity index (χ4n) is 3.02. The van der Waals surface area contributed by atoms with Crippen LogP contribution in [-0.2, 0) is 0 Å². The summed E-state index contributed by atoms with van der Waals surface area (Å²) in [5.74, 6) is 1.64. The van der Waals surface area contributed by atoms with Crippen molar-refractivity contribution in [3.63, 3.8) is 0 Å². The van der Waals surface area contributed by atoms with Crippen LogP contribution in [0.1, 0.15) is 20.3 Å². The monoisotopic (exact) mass is 378 g/mol. The Hall–Kier alpha value is -2.73. The molecule has 2 aromatic heterocycles. The van der Waals surface area contributed by atoms with E-state index in [1.807, 2.05) is 36.5 Å². The van der Waals surface area contributed by atoms with Crippen molar-refractivity contribution in [2.45, 2.75) is 30.7 Å². The lowest BCUT2D eigenvalue weighted by atomic mass is 10.1. The Morgan fingerprint density at radius 1 is 1.15 bits per heavy atom. The van der Waals surface area contributed by atoms with Crippen LogP contribution in [0.3, 0.4) is 0 Å². The van der Waals surface area contributed by atoms with E-state index in [4.69, 9.17) is 4.74 Å². The number of para-hydroxylation sites is 1. The van der Waals surface area contributed by atoms with Crippen LogP contribution in [-0.4, -0.2) is 32.1 Å².